The molecule has 1 saturated carbocycles. The van der Waals surface area contributed by atoms with Crippen molar-refractivity contribution >= 4 is 23.0 Å². The highest BCUT2D eigenvalue weighted by Gasteiger charge is 2.34. The van der Waals surface area contributed by atoms with Crippen LogP contribution in [-0.2, 0) is 14.2 Å². The average Bonchev–Trinajstić information content (AvgIpc) is 2.98. The summed E-state index contributed by atoms with van der Waals surface area (Å²) in [5, 5.41) is 7.39. The van der Waals surface area contributed by atoms with Gasteiger partial charge in [0.1, 0.15) is 10.8 Å². The second kappa shape index (κ2) is 13.5. The molecule has 12 heteroatoms. The van der Waals surface area contributed by atoms with Crippen LogP contribution in [0.1, 0.15) is 44.6 Å². The fourth-order valence-corrected chi connectivity index (χ4v) is 5.98. The van der Waals surface area contributed by atoms with Crippen LogP contribution in [0.3, 0.4) is 0 Å². The molecule has 2 aromatic rings. The van der Waals surface area contributed by atoms with Gasteiger partial charge in [-0.3, -0.25) is 4.79 Å². The lowest BCUT2D eigenvalue weighted by atomic mass is 9.89. The summed E-state index contributed by atoms with van der Waals surface area (Å²) in [5.74, 6) is 0.473. The van der Waals surface area contributed by atoms with Gasteiger partial charge in [-0.1, -0.05) is 11.6 Å². The van der Waals surface area contributed by atoms with Crippen LogP contribution in [0.2, 0.25) is 5.02 Å². The average molecular weight is 583 g/mol. The van der Waals surface area contributed by atoms with Crippen LogP contribution < -0.4 is 20.5 Å². The Morgan fingerprint density at radius 2 is 1.95 bits per heavy atom. The summed E-state index contributed by atoms with van der Waals surface area (Å²) in [4.78, 5) is 15.4. The number of nitrogens with zero attached hydrogens (tertiary/aromatic N) is 3. The Morgan fingerprint density at radius 3 is 2.62 bits per heavy atom. The molecule has 0 radical (unpaired) electrons. The van der Waals surface area contributed by atoms with Crippen LogP contribution >= 0.6 is 11.6 Å². The highest BCUT2D eigenvalue weighted by Crippen LogP contribution is 2.34. The normalized spacial score (nSPS) is 27.2. The van der Waals surface area contributed by atoms with Gasteiger partial charge in [0, 0.05) is 24.9 Å². The molecule has 2 aliphatic heterocycles. The second-order valence-electron chi connectivity index (χ2n) is 10.7. The van der Waals surface area contributed by atoms with E-state index in [0.29, 0.717) is 57.3 Å². The summed E-state index contributed by atoms with van der Waals surface area (Å²) >= 11 is 6.43. The third-order valence-corrected chi connectivity index (χ3v) is 8.31. The molecule has 3 heterocycles. The molecule has 5 rings (SSSR count). The maximum absolute atomic E-state index is 14.9. The van der Waals surface area contributed by atoms with Crippen LogP contribution in [0.5, 0.6) is 5.75 Å². The molecule has 220 valence electrons. The van der Waals surface area contributed by atoms with E-state index >= 15 is 0 Å². The van der Waals surface area contributed by atoms with Crippen molar-refractivity contribution in [1.29, 1.82) is 0 Å². The SMILES string of the molecule is O=c1c(Cl)c(NC[C@@]2(F)CCCOC2)cnn1[C@H]1CC[C@@H](N(C[C@H]2COCCO2)c2ccc(OCF)cc2)CC1. The summed E-state index contributed by atoms with van der Waals surface area (Å²) in [6, 6.07) is 7.50. The molecule has 0 unspecified atom stereocenters. The Balaban J connectivity index is 1.24. The monoisotopic (exact) mass is 582 g/mol. The zero-order valence-corrected chi connectivity index (χ0v) is 23.3. The quantitative estimate of drug-likeness (QED) is 0.437. The minimum atomic E-state index is -1.49. The minimum Gasteiger partial charge on any atom is -0.463 e. The minimum absolute atomic E-state index is 0.00935. The van der Waals surface area contributed by atoms with Crippen molar-refractivity contribution in [2.45, 2.75) is 62.4 Å². The first-order valence-corrected chi connectivity index (χ1v) is 14.4. The van der Waals surface area contributed by atoms with Gasteiger partial charge in [0.05, 0.1) is 57.0 Å². The van der Waals surface area contributed by atoms with Crippen molar-refractivity contribution in [1.82, 2.24) is 9.78 Å². The number of rotatable bonds is 10. The molecular formula is C28H37ClF2N4O5. The fraction of sp³-hybridized carbons (Fsp3) is 0.643. The molecule has 9 nitrogen and oxygen atoms in total. The van der Waals surface area contributed by atoms with Crippen molar-refractivity contribution in [3.63, 3.8) is 0 Å². The molecule has 1 N–H and O–H groups in total. The molecule has 40 heavy (non-hydrogen) atoms. The van der Waals surface area contributed by atoms with Crippen LogP contribution in [0.15, 0.2) is 35.3 Å². The lowest BCUT2D eigenvalue weighted by Crippen LogP contribution is -2.46. The lowest BCUT2D eigenvalue weighted by molar-refractivity contribution is -0.0847. The Hall–Kier alpha value is -2.47. The Kier molecular flexibility index (Phi) is 9.77. The number of hydrogen-bond acceptors (Lipinski definition) is 8. The van der Waals surface area contributed by atoms with E-state index in [0.717, 1.165) is 31.4 Å². The Labute approximate surface area is 237 Å². The molecular weight excluding hydrogens is 546 g/mol. The number of benzene rings is 1. The third kappa shape index (κ3) is 7.05. The van der Waals surface area contributed by atoms with E-state index in [4.69, 9.17) is 30.5 Å². The van der Waals surface area contributed by atoms with Gasteiger partial charge in [0.15, 0.2) is 5.67 Å². The number of ether oxygens (including phenoxy) is 4. The number of hydrogen-bond donors (Lipinski definition) is 1. The van der Waals surface area contributed by atoms with Crippen molar-refractivity contribution in [2.75, 3.05) is 63.2 Å². The van der Waals surface area contributed by atoms with E-state index in [1.807, 2.05) is 12.1 Å². The maximum Gasteiger partial charge on any atom is 0.287 e. The standard InChI is InChI=1S/C28H37ClF2N4O5/c29-26-25(32-17-28(31)10-1-11-38-18-28)14-33-35(27(26)36)22-4-2-20(3-5-22)34(15-24-16-37-12-13-39-24)21-6-8-23(9-7-21)40-19-30/h6-9,14,20,22,24,32H,1-5,10-13,15-19H2/t20-,22+,24-,28-/m0/s1. The van der Waals surface area contributed by atoms with E-state index in [1.54, 1.807) is 12.1 Å². The van der Waals surface area contributed by atoms with Crippen molar-refractivity contribution in [2.24, 2.45) is 0 Å². The number of nitrogens with one attached hydrogen (secondary N) is 1. The summed E-state index contributed by atoms with van der Waals surface area (Å²) in [6.07, 6.45) is 5.66. The summed E-state index contributed by atoms with van der Waals surface area (Å²) in [6.45, 7) is 2.07. The third-order valence-electron chi connectivity index (χ3n) is 7.94. The van der Waals surface area contributed by atoms with Gasteiger partial charge < -0.3 is 29.2 Å². The first-order valence-electron chi connectivity index (χ1n) is 14.0. The number of anilines is 2. The van der Waals surface area contributed by atoms with Gasteiger partial charge in [-0.25, -0.2) is 13.5 Å². The van der Waals surface area contributed by atoms with Crippen LogP contribution in [0.25, 0.3) is 0 Å². The fourth-order valence-electron chi connectivity index (χ4n) is 5.78. The molecule has 2 saturated heterocycles. The second-order valence-corrected chi connectivity index (χ2v) is 11.1. The van der Waals surface area contributed by atoms with E-state index in [9.17, 15) is 13.6 Å². The zero-order valence-electron chi connectivity index (χ0n) is 22.5. The van der Waals surface area contributed by atoms with Gasteiger partial charge in [-0.15, -0.1) is 0 Å². The van der Waals surface area contributed by atoms with E-state index in [1.165, 1.54) is 10.9 Å². The highest BCUT2D eigenvalue weighted by atomic mass is 35.5. The summed E-state index contributed by atoms with van der Waals surface area (Å²) in [7, 11) is 0. The van der Waals surface area contributed by atoms with Crippen molar-refractivity contribution < 1.29 is 27.7 Å². The maximum atomic E-state index is 14.9. The Morgan fingerprint density at radius 1 is 1.15 bits per heavy atom. The van der Waals surface area contributed by atoms with Crippen LogP contribution in [0, 0.1) is 0 Å². The van der Waals surface area contributed by atoms with E-state index in [2.05, 4.69) is 15.3 Å². The first kappa shape index (κ1) is 29.0. The summed E-state index contributed by atoms with van der Waals surface area (Å²) < 4.78 is 50.8. The molecule has 0 amide bonds. The predicted octanol–water partition coefficient (Wildman–Crippen LogP) is 4.54. The molecule has 1 aromatic carbocycles. The highest BCUT2D eigenvalue weighted by molar-refractivity contribution is 6.32. The molecule has 0 bridgehead atoms. The zero-order chi connectivity index (χ0) is 28.0. The Bertz CT molecular complexity index is 1150. The largest absolute Gasteiger partial charge is 0.463 e. The molecule has 2 atom stereocenters. The smallest absolute Gasteiger partial charge is 0.287 e. The molecule has 3 aliphatic rings. The number of halogens is 3. The van der Waals surface area contributed by atoms with Gasteiger partial charge in [0.2, 0.25) is 6.86 Å². The molecule has 3 fully saturated rings. The number of alkyl halides is 2. The van der Waals surface area contributed by atoms with E-state index < -0.39 is 12.5 Å². The van der Waals surface area contributed by atoms with Gasteiger partial charge in [0.25, 0.3) is 5.56 Å². The molecule has 1 aliphatic carbocycles. The van der Waals surface area contributed by atoms with Gasteiger partial charge in [-0.05, 0) is 62.8 Å². The van der Waals surface area contributed by atoms with Crippen molar-refractivity contribution in [3.8, 4) is 5.75 Å². The topological polar surface area (TPSA) is 87.1 Å². The van der Waals surface area contributed by atoms with Gasteiger partial charge in [-0.2, -0.15) is 5.10 Å². The predicted molar refractivity (Wildman–Crippen MR) is 148 cm³/mol. The van der Waals surface area contributed by atoms with Gasteiger partial charge >= 0.3 is 0 Å². The number of aromatic nitrogens is 2. The van der Waals surface area contributed by atoms with E-state index in [-0.39, 0.29) is 41.9 Å². The first-order chi connectivity index (χ1) is 19.5. The molecule has 0 spiro atoms. The summed E-state index contributed by atoms with van der Waals surface area (Å²) in [5.41, 5.74) is -0.543. The van der Waals surface area contributed by atoms with Crippen LogP contribution in [-0.4, -0.2) is 80.6 Å². The van der Waals surface area contributed by atoms with Crippen molar-refractivity contribution in [3.05, 3.63) is 45.8 Å². The van der Waals surface area contributed by atoms with Crippen LogP contribution in [0.4, 0.5) is 20.2 Å². The molecule has 1 aromatic heterocycles. The lowest BCUT2D eigenvalue weighted by Gasteiger charge is -2.40.